The zero-order valence-corrected chi connectivity index (χ0v) is 15.3. The molecule has 0 aliphatic heterocycles. The maximum atomic E-state index is 12.2. The summed E-state index contributed by atoms with van der Waals surface area (Å²) in [4.78, 5) is 32.4. The molecule has 0 aliphatic carbocycles. The molecular formula is C18H14ClN3O3S. The Morgan fingerprint density at radius 1 is 1.23 bits per heavy atom. The van der Waals surface area contributed by atoms with Gasteiger partial charge >= 0.3 is 5.97 Å². The summed E-state index contributed by atoms with van der Waals surface area (Å²) in [6.45, 7) is 1.50. The predicted molar refractivity (Wildman–Crippen MR) is 100 cm³/mol. The summed E-state index contributed by atoms with van der Waals surface area (Å²) in [5.74, 6) is -1.07. The lowest BCUT2D eigenvalue weighted by Gasteiger charge is -2.12. The van der Waals surface area contributed by atoms with E-state index < -0.39 is 18.0 Å². The minimum absolute atomic E-state index is 0.284. The number of anilines is 1. The third-order valence-electron chi connectivity index (χ3n) is 3.42. The van der Waals surface area contributed by atoms with E-state index in [1.807, 2.05) is 17.5 Å². The predicted octanol–water partition coefficient (Wildman–Crippen LogP) is 4.04. The Kier molecular flexibility index (Phi) is 5.60. The summed E-state index contributed by atoms with van der Waals surface area (Å²) >= 11 is 7.16. The van der Waals surface area contributed by atoms with Gasteiger partial charge in [-0.2, -0.15) is 0 Å². The maximum Gasteiger partial charge on any atom is 0.340 e. The third-order valence-corrected chi connectivity index (χ3v) is 4.43. The van der Waals surface area contributed by atoms with Gasteiger partial charge < -0.3 is 4.74 Å². The SMILES string of the molecule is CC(OC(=O)c1cccnc1)C(=O)Nc1nc(-c2ccc(Cl)cc2)cs1. The molecule has 2 heterocycles. The van der Waals surface area contributed by atoms with E-state index in [0.29, 0.717) is 10.2 Å². The van der Waals surface area contributed by atoms with Crippen molar-refractivity contribution in [3.8, 4) is 11.3 Å². The van der Waals surface area contributed by atoms with Crippen LogP contribution >= 0.6 is 22.9 Å². The zero-order valence-electron chi connectivity index (χ0n) is 13.7. The first-order valence-electron chi connectivity index (χ1n) is 7.66. The lowest BCUT2D eigenvalue weighted by atomic mass is 10.2. The van der Waals surface area contributed by atoms with Crippen LogP contribution in [0, 0.1) is 0 Å². The molecule has 0 saturated heterocycles. The minimum atomic E-state index is -0.967. The molecule has 132 valence electrons. The number of benzene rings is 1. The van der Waals surface area contributed by atoms with Crippen LogP contribution in [0.3, 0.4) is 0 Å². The number of aromatic nitrogens is 2. The molecule has 8 heteroatoms. The van der Waals surface area contributed by atoms with Gasteiger partial charge in [-0.1, -0.05) is 23.7 Å². The van der Waals surface area contributed by atoms with Crippen molar-refractivity contribution in [2.75, 3.05) is 5.32 Å². The van der Waals surface area contributed by atoms with E-state index in [1.54, 1.807) is 30.5 Å². The number of ether oxygens (including phenoxy) is 1. The Hall–Kier alpha value is -2.77. The average Bonchev–Trinajstić information content (AvgIpc) is 3.11. The molecule has 0 saturated carbocycles. The lowest BCUT2D eigenvalue weighted by Crippen LogP contribution is -2.30. The van der Waals surface area contributed by atoms with E-state index in [2.05, 4.69) is 15.3 Å². The van der Waals surface area contributed by atoms with Crippen LogP contribution in [0.25, 0.3) is 11.3 Å². The van der Waals surface area contributed by atoms with Crippen LogP contribution in [0.15, 0.2) is 54.2 Å². The highest BCUT2D eigenvalue weighted by molar-refractivity contribution is 7.14. The van der Waals surface area contributed by atoms with Crippen LogP contribution < -0.4 is 5.32 Å². The second-order valence-electron chi connectivity index (χ2n) is 5.32. The molecule has 0 bridgehead atoms. The van der Waals surface area contributed by atoms with Crippen molar-refractivity contribution in [1.82, 2.24) is 9.97 Å². The first kappa shape index (κ1) is 18.0. The number of halogens is 1. The number of esters is 1. The van der Waals surface area contributed by atoms with E-state index >= 15 is 0 Å². The second-order valence-corrected chi connectivity index (χ2v) is 6.62. The largest absolute Gasteiger partial charge is 0.449 e. The molecule has 3 aromatic rings. The Balaban J connectivity index is 1.61. The summed E-state index contributed by atoms with van der Waals surface area (Å²) in [7, 11) is 0. The van der Waals surface area contributed by atoms with Crippen LogP contribution in [-0.4, -0.2) is 27.9 Å². The summed E-state index contributed by atoms with van der Waals surface area (Å²) in [6, 6.07) is 10.4. The summed E-state index contributed by atoms with van der Waals surface area (Å²) in [6.07, 6.45) is 1.96. The Labute approximate surface area is 158 Å². The van der Waals surface area contributed by atoms with Gasteiger partial charge in [-0.15, -0.1) is 11.3 Å². The number of amides is 1. The lowest BCUT2D eigenvalue weighted by molar-refractivity contribution is -0.123. The number of rotatable bonds is 5. The van der Waals surface area contributed by atoms with E-state index in [1.165, 1.54) is 24.5 Å². The third kappa shape index (κ3) is 4.44. The van der Waals surface area contributed by atoms with Gasteiger partial charge in [-0.25, -0.2) is 9.78 Å². The van der Waals surface area contributed by atoms with Gasteiger partial charge in [0.1, 0.15) is 0 Å². The second kappa shape index (κ2) is 8.07. The molecule has 1 N–H and O–H groups in total. The first-order valence-corrected chi connectivity index (χ1v) is 8.92. The molecule has 2 aromatic heterocycles. The molecule has 3 rings (SSSR count). The fourth-order valence-corrected chi connectivity index (χ4v) is 2.91. The molecule has 1 aromatic carbocycles. The molecule has 0 aliphatic rings. The van der Waals surface area contributed by atoms with Crippen molar-refractivity contribution < 1.29 is 14.3 Å². The molecule has 1 amide bonds. The monoisotopic (exact) mass is 387 g/mol. The van der Waals surface area contributed by atoms with Crippen LogP contribution in [0.2, 0.25) is 5.02 Å². The number of nitrogens with one attached hydrogen (secondary N) is 1. The van der Waals surface area contributed by atoms with Gasteiger partial charge in [0.05, 0.1) is 11.3 Å². The van der Waals surface area contributed by atoms with Crippen LogP contribution in [-0.2, 0) is 9.53 Å². The van der Waals surface area contributed by atoms with Crippen LogP contribution in [0.4, 0.5) is 5.13 Å². The van der Waals surface area contributed by atoms with Crippen molar-refractivity contribution in [2.45, 2.75) is 13.0 Å². The van der Waals surface area contributed by atoms with Gasteiger partial charge in [0, 0.05) is 28.4 Å². The number of hydrogen-bond donors (Lipinski definition) is 1. The number of thiazole rings is 1. The fraction of sp³-hybridized carbons (Fsp3) is 0.111. The number of nitrogens with zero attached hydrogens (tertiary/aromatic N) is 2. The van der Waals surface area contributed by atoms with Crippen molar-refractivity contribution in [3.05, 3.63) is 64.8 Å². The molecule has 26 heavy (non-hydrogen) atoms. The van der Waals surface area contributed by atoms with Gasteiger partial charge in [0.2, 0.25) is 0 Å². The molecule has 0 spiro atoms. The highest BCUT2D eigenvalue weighted by atomic mass is 35.5. The molecule has 1 atom stereocenters. The molecule has 6 nitrogen and oxygen atoms in total. The Bertz CT molecular complexity index is 913. The topological polar surface area (TPSA) is 81.2 Å². The number of hydrogen-bond acceptors (Lipinski definition) is 6. The molecule has 0 radical (unpaired) electrons. The molecule has 1 unspecified atom stereocenters. The quantitative estimate of drug-likeness (QED) is 0.668. The number of carbonyl (C=O) groups excluding carboxylic acids is 2. The van der Waals surface area contributed by atoms with E-state index in [4.69, 9.17) is 16.3 Å². The average molecular weight is 388 g/mol. The zero-order chi connectivity index (χ0) is 18.5. The van der Waals surface area contributed by atoms with E-state index in [0.717, 1.165) is 11.3 Å². The minimum Gasteiger partial charge on any atom is -0.449 e. The molecular weight excluding hydrogens is 374 g/mol. The Morgan fingerprint density at radius 2 is 2.00 bits per heavy atom. The van der Waals surface area contributed by atoms with E-state index in [9.17, 15) is 9.59 Å². The normalized spacial score (nSPS) is 11.6. The number of carbonyl (C=O) groups is 2. The maximum absolute atomic E-state index is 12.2. The van der Waals surface area contributed by atoms with Crippen molar-refractivity contribution in [3.63, 3.8) is 0 Å². The molecule has 0 fully saturated rings. The highest BCUT2D eigenvalue weighted by Gasteiger charge is 2.20. The summed E-state index contributed by atoms with van der Waals surface area (Å²) < 4.78 is 5.15. The van der Waals surface area contributed by atoms with Crippen molar-refractivity contribution in [1.29, 1.82) is 0 Å². The summed E-state index contributed by atoms with van der Waals surface area (Å²) in [5.41, 5.74) is 1.90. The fourth-order valence-electron chi connectivity index (χ4n) is 2.06. The van der Waals surface area contributed by atoms with Gasteiger partial charge in [0.15, 0.2) is 11.2 Å². The first-order chi connectivity index (χ1) is 12.5. The smallest absolute Gasteiger partial charge is 0.340 e. The number of pyridine rings is 1. The highest BCUT2D eigenvalue weighted by Crippen LogP contribution is 2.26. The van der Waals surface area contributed by atoms with Crippen molar-refractivity contribution >= 4 is 39.9 Å². The Morgan fingerprint density at radius 3 is 2.69 bits per heavy atom. The van der Waals surface area contributed by atoms with Crippen LogP contribution in [0.1, 0.15) is 17.3 Å². The standard InChI is InChI=1S/C18H14ClN3O3S/c1-11(25-17(24)13-3-2-8-20-9-13)16(23)22-18-21-15(10-26-18)12-4-6-14(19)7-5-12/h2-11H,1H3,(H,21,22,23). The van der Waals surface area contributed by atoms with Gasteiger partial charge in [-0.05, 0) is 31.2 Å². The van der Waals surface area contributed by atoms with Crippen molar-refractivity contribution in [2.24, 2.45) is 0 Å². The van der Waals surface area contributed by atoms with Gasteiger partial charge in [-0.3, -0.25) is 15.1 Å². The van der Waals surface area contributed by atoms with Crippen LogP contribution in [0.5, 0.6) is 0 Å². The van der Waals surface area contributed by atoms with E-state index in [-0.39, 0.29) is 5.56 Å². The summed E-state index contributed by atoms with van der Waals surface area (Å²) in [5, 5.41) is 5.54. The van der Waals surface area contributed by atoms with Gasteiger partial charge in [0.25, 0.3) is 5.91 Å².